The van der Waals surface area contributed by atoms with Crippen LogP contribution < -0.4 is 4.74 Å². The molecule has 2 heteroatoms. The number of rotatable bonds is 3. The van der Waals surface area contributed by atoms with Crippen molar-refractivity contribution in [2.45, 2.75) is 45.4 Å². The van der Waals surface area contributed by atoms with Gasteiger partial charge < -0.3 is 4.74 Å². The average Bonchev–Trinajstić information content (AvgIpc) is 2.40. The van der Waals surface area contributed by atoms with E-state index in [9.17, 15) is 0 Å². The van der Waals surface area contributed by atoms with E-state index in [0.29, 0.717) is 5.41 Å². The van der Waals surface area contributed by atoms with E-state index < -0.39 is 0 Å². The van der Waals surface area contributed by atoms with Crippen molar-refractivity contribution in [3.63, 3.8) is 0 Å². The van der Waals surface area contributed by atoms with Crippen LogP contribution in [0, 0.1) is 18.3 Å². The van der Waals surface area contributed by atoms with Gasteiger partial charge in [0.2, 0.25) is 0 Å². The minimum absolute atomic E-state index is 0.486. The Labute approximate surface area is 103 Å². The minimum atomic E-state index is 0.486. The van der Waals surface area contributed by atoms with Gasteiger partial charge in [0.05, 0.1) is 12.8 Å². The summed E-state index contributed by atoms with van der Waals surface area (Å²) in [4.78, 5) is 4.28. The molecule has 3 aliphatic rings. The molecule has 4 rings (SSSR count). The summed E-state index contributed by atoms with van der Waals surface area (Å²) in [5, 5.41) is 0. The number of fused-ring (bicyclic) bond motifs is 3. The maximum absolute atomic E-state index is 5.96. The molecule has 0 atom stereocenters. The van der Waals surface area contributed by atoms with Crippen LogP contribution in [0.4, 0.5) is 0 Å². The van der Waals surface area contributed by atoms with Gasteiger partial charge in [-0.15, -0.1) is 0 Å². The predicted molar refractivity (Wildman–Crippen MR) is 68.1 cm³/mol. The van der Waals surface area contributed by atoms with E-state index >= 15 is 0 Å². The number of nitrogens with zero attached hydrogens (tertiary/aromatic N) is 1. The maximum Gasteiger partial charge on any atom is 0.137 e. The van der Waals surface area contributed by atoms with Gasteiger partial charge >= 0.3 is 0 Å². The van der Waals surface area contributed by atoms with Crippen molar-refractivity contribution in [2.24, 2.45) is 11.3 Å². The summed E-state index contributed by atoms with van der Waals surface area (Å²) in [6, 6.07) is 4.05. The van der Waals surface area contributed by atoms with Crippen LogP contribution in [0.25, 0.3) is 0 Å². The third-order valence-corrected chi connectivity index (χ3v) is 4.68. The molecule has 0 unspecified atom stereocenters. The number of hydrogen-bond donors (Lipinski definition) is 0. The minimum Gasteiger partial charge on any atom is -0.491 e. The first-order valence-electron chi connectivity index (χ1n) is 6.81. The topological polar surface area (TPSA) is 22.1 Å². The third-order valence-electron chi connectivity index (χ3n) is 4.68. The molecule has 2 nitrogen and oxygen atoms in total. The van der Waals surface area contributed by atoms with Gasteiger partial charge in [-0.25, -0.2) is 0 Å². The Balaban J connectivity index is 1.61. The Bertz CT molecular complexity index is 363. The Morgan fingerprint density at radius 3 is 2.53 bits per heavy atom. The monoisotopic (exact) mass is 231 g/mol. The normalized spacial score (nSPS) is 31.5. The summed E-state index contributed by atoms with van der Waals surface area (Å²) in [5.74, 6) is 1.95. The lowest BCUT2D eigenvalue weighted by Gasteiger charge is -2.46. The van der Waals surface area contributed by atoms with Crippen molar-refractivity contribution >= 4 is 0 Å². The van der Waals surface area contributed by atoms with Crippen LogP contribution in [0.2, 0.25) is 0 Å². The second-order valence-corrected chi connectivity index (χ2v) is 5.91. The van der Waals surface area contributed by atoms with Gasteiger partial charge in [-0.1, -0.05) is 0 Å². The summed E-state index contributed by atoms with van der Waals surface area (Å²) in [6.07, 6.45) is 10.2. The van der Waals surface area contributed by atoms with E-state index in [2.05, 4.69) is 4.98 Å². The summed E-state index contributed by atoms with van der Waals surface area (Å²) < 4.78 is 5.96. The molecule has 1 heterocycles. The van der Waals surface area contributed by atoms with E-state index in [1.165, 1.54) is 38.5 Å². The Kier molecular flexibility index (Phi) is 2.81. The fourth-order valence-electron chi connectivity index (χ4n) is 3.33. The summed E-state index contributed by atoms with van der Waals surface area (Å²) >= 11 is 0. The molecule has 1 aromatic rings. The maximum atomic E-state index is 5.96. The highest BCUT2D eigenvalue weighted by Crippen LogP contribution is 2.50. The lowest BCUT2D eigenvalue weighted by molar-refractivity contribution is 0.0190. The molecule has 17 heavy (non-hydrogen) atoms. The summed E-state index contributed by atoms with van der Waals surface area (Å²) in [7, 11) is 0. The Hall–Kier alpha value is -1.05. The number of ether oxygens (including phenoxy) is 1. The van der Waals surface area contributed by atoms with Gasteiger partial charge in [0.25, 0.3) is 0 Å². The van der Waals surface area contributed by atoms with Crippen molar-refractivity contribution in [3.05, 3.63) is 24.0 Å². The SMILES string of the molecule is Cc1ccc(OCC23CCC(CC2)CC3)cn1. The Morgan fingerprint density at radius 1 is 1.24 bits per heavy atom. The molecule has 1 aromatic heterocycles. The van der Waals surface area contributed by atoms with E-state index in [1.54, 1.807) is 0 Å². The molecule has 0 radical (unpaired) electrons. The number of pyridine rings is 1. The quantitative estimate of drug-likeness (QED) is 0.790. The largest absolute Gasteiger partial charge is 0.491 e. The van der Waals surface area contributed by atoms with Gasteiger partial charge in [0.15, 0.2) is 0 Å². The average molecular weight is 231 g/mol. The molecule has 3 saturated carbocycles. The number of aryl methyl sites for hydroxylation is 1. The van der Waals surface area contributed by atoms with Gasteiger partial charge in [0.1, 0.15) is 5.75 Å². The van der Waals surface area contributed by atoms with Crippen LogP contribution in [0.5, 0.6) is 5.75 Å². The molecule has 0 aromatic carbocycles. The third kappa shape index (κ3) is 2.31. The van der Waals surface area contributed by atoms with Crippen LogP contribution in [0.15, 0.2) is 18.3 Å². The number of hydrogen-bond acceptors (Lipinski definition) is 2. The van der Waals surface area contributed by atoms with Crippen molar-refractivity contribution in [1.29, 1.82) is 0 Å². The molecular weight excluding hydrogens is 210 g/mol. The first-order valence-corrected chi connectivity index (χ1v) is 6.81. The molecular formula is C15H21NO. The standard InChI is InChI=1S/C15H21NO/c1-12-2-3-14(10-16-12)17-11-15-7-4-13(5-8-15)6-9-15/h2-3,10,13H,4-9,11H2,1H3. The molecule has 0 saturated heterocycles. The molecule has 2 bridgehead atoms. The smallest absolute Gasteiger partial charge is 0.137 e. The first-order chi connectivity index (χ1) is 8.26. The van der Waals surface area contributed by atoms with Gasteiger partial charge in [-0.3, -0.25) is 4.98 Å². The van der Waals surface area contributed by atoms with Crippen molar-refractivity contribution in [2.75, 3.05) is 6.61 Å². The first kappa shape index (κ1) is 11.1. The zero-order valence-electron chi connectivity index (χ0n) is 10.6. The molecule has 3 aliphatic carbocycles. The fourth-order valence-corrected chi connectivity index (χ4v) is 3.33. The van der Waals surface area contributed by atoms with Crippen molar-refractivity contribution < 1.29 is 4.74 Å². The van der Waals surface area contributed by atoms with Gasteiger partial charge in [-0.2, -0.15) is 0 Å². The molecule has 0 spiro atoms. The molecule has 0 amide bonds. The summed E-state index contributed by atoms with van der Waals surface area (Å²) in [6.45, 7) is 2.90. The van der Waals surface area contributed by atoms with Gasteiger partial charge in [0, 0.05) is 11.1 Å². The lowest BCUT2D eigenvalue weighted by atomic mass is 9.61. The predicted octanol–water partition coefficient (Wildman–Crippen LogP) is 3.74. The fraction of sp³-hybridized carbons (Fsp3) is 0.667. The van der Waals surface area contributed by atoms with E-state index in [0.717, 1.165) is 24.0 Å². The summed E-state index contributed by atoms with van der Waals surface area (Å²) in [5.41, 5.74) is 1.54. The lowest BCUT2D eigenvalue weighted by Crippen LogP contribution is -2.38. The van der Waals surface area contributed by atoms with Crippen LogP contribution in [0.1, 0.15) is 44.2 Å². The van der Waals surface area contributed by atoms with Crippen LogP contribution in [-0.2, 0) is 0 Å². The zero-order valence-corrected chi connectivity index (χ0v) is 10.6. The molecule has 92 valence electrons. The van der Waals surface area contributed by atoms with E-state index in [4.69, 9.17) is 4.74 Å². The van der Waals surface area contributed by atoms with Crippen molar-refractivity contribution in [3.8, 4) is 5.75 Å². The highest BCUT2D eigenvalue weighted by Gasteiger charge is 2.40. The number of aromatic nitrogens is 1. The molecule has 3 fully saturated rings. The Morgan fingerprint density at radius 2 is 1.94 bits per heavy atom. The molecule has 0 N–H and O–H groups in total. The highest BCUT2D eigenvalue weighted by molar-refractivity contribution is 5.19. The second-order valence-electron chi connectivity index (χ2n) is 5.91. The van der Waals surface area contributed by atoms with Gasteiger partial charge in [-0.05, 0) is 63.5 Å². The second kappa shape index (κ2) is 4.32. The van der Waals surface area contributed by atoms with E-state index in [-0.39, 0.29) is 0 Å². The zero-order chi connectivity index (χ0) is 11.7. The highest BCUT2D eigenvalue weighted by atomic mass is 16.5. The van der Waals surface area contributed by atoms with Crippen LogP contribution in [-0.4, -0.2) is 11.6 Å². The van der Waals surface area contributed by atoms with E-state index in [1.807, 2.05) is 25.3 Å². The van der Waals surface area contributed by atoms with Crippen LogP contribution in [0.3, 0.4) is 0 Å². The molecule has 0 aliphatic heterocycles. The van der Waals surface area contributed by atoms with Crippen LogP contribution >= 0.6 is 0 Å². The van der Waals surface area contributed by atoms with Crippen molar-refractivity contribution in [1.82, 2.24) is 4.98 Å².